The van der Waals surface area contributed by atoms with Crippen molar-refractivity contribution in [2.24, 2.45) is 5.92 Å². The van der Waals surface area contributed by atoms with Crippen molar-refractivity contribution in [2.75, 3.05) is 18.6 Å². The summed E-state index contributed by atoms with van der Waals surface area (Å²) in [7, 11) is 1.27. The fourth-order valence-electron chi connectivity index (χ4n) is 2.14. The largest absolute Gasteiger partial charge is 0.469 e. The molecule has 0 aromatic heterocycles. The van der Waals surface area contributed by atoms with Crippen molar-refractivity contribution in [3.05, 3.63) is 27.7 Å². The van der Waals surface area contributed by atoms with Gasteiger partial charge in [0.15, 0.2) is 0 Å². The number of anilines is 1. The highest BCUT2D eigenvalue weighted by Crippen LogP contribution is 2.38. The standard InChI is InChI=1S/C13H10Cl2N2O3/c1-20-13(19)8-4-11(18)17(6-8)12-9(14)2-7(5-16)3-10(12)15/h2-3,8H,4,6H2,1H3. The van der Waals surface area contributed by atoms with Gasteiger partial charge in [0, 0.05) is 13.0 Å². The summed E-state index contributed by atoms with van der Waals surface area (Å²) in [6.45, 7) is 0.164. The van der Waals surface area contributed by atoms with Gasteiger partial charge in [-0.3, -0.25) is 9.59 Å². The Kier molecular flexibility index (Phi) is 4.17. The monoisotopic (exact) mass is 312 g/mol. The van der Waals surface area contributed by atoms with Crippen LogP contribution >= 0.6 is 23.2 Å². The van der Waals surface area contributed by atoms with Gasteiger partial charge < -0.3 is 9.64 Å². The van der Waals surface area contributed by atoms with Crippen molar-refractivity contribution in [3.8, 4) is 6.07 Å². The minimum atomic E-state index is -0.532. The van der Waals surface area contributed by atoms with E-state index in [4.69, 9.17) is 28.5 Å². The van der Waals surface area contributed by atoms with E-state index in [-0.39, 0.29) is 28.9 Å². The van der Waals surface area contributed by atoms with Crippen LogP contribution in [0.1, 0.15) is 12.0 Å². The molecule has 1 heterocycles. The van der Waals surface area contributed by atoms with Crippen LogP contribution in [0.15, 0.2) is 12.1 Å². The van der Waals surface area contributed by atoms with Crippen LogP contribution in [0.2, 0.25) is 10.0 Å². The molecule has 1 atom stereocenters. The van der Waals surface area contributed by atoms with Gasteiger partial charge in [-0.1, -0.05) is 23.2 Å². The molecule has 0 spiro atoms. The van der Waals surface area contributed by atoms with Gasteiger partial charge in [0.25, 0.3) is 0 Å². The van der Waals surface area contributed by atoms with Crippen molar-refractivity contribution in [3.63, 3.8) is 0 Å². The number of nitrogens with zero attached hydrogens (tertiary/aromatic N) is 2. The third kappa shape index (κ3) is 2.58. The molecule has 7 heteroatoms. The maximum atomic E-state index is 12.0. The van der Waals surface area contributed by atoms with Crippen LogP contribution in [0, 0.1) is 17.2 Å². The average molecular weight is 313 g/mol. The summed E-state index contributed by atoms with van der Waals surface area (Å²) < 4.78 is 4.64. The summed E-state index contributed by atoms with van der Waals surface area (Å²) in [6.07, 6.45) is 0.0549. The molecule has 0 bridgehead atoms. The number of halogens is 2. The molecule has 2 rings (SSSR count). The Bertz CT molecular complexity index is 602. The lowest BCUT2D eigenvalue weighted by molar-refractivity contribution is -0.145. The van der Waals surface area contributed by atoms with Gasteiger partial charge in [-0.05, 0) is 12.1 Å². The zero-order chi connectivity index (χ0) is 14.9. The molecule has 0 aliphatic carbocycles. The van der Waals surface area contributed by atoms with E-state index in [1.165, 1.54) is 24.1 Å². The summed E-state index contributed by atoms with van der Waals surface area (Å²) in [6, 6.07) is 4.79. The number of rotatable bonds is 2. The van der Waals surface area contributed by atoms with Crippen LogP contribution < -0.4 is 4.90 Å². The zero-order valence-electron chi connectivity index (χ0n) is 10.5. The lowest BCUT2D eigenvalue weighted by Crippen LogP contribution is -2.26. The highest BCUT2D eigenvalue weighted by Gasteiger charge is 2.37. The molecule has 1 aliphatic rings. The van der Waals surface area contributed by atoms with E-state index in [0.717, 1.165) is 0 Å². The van der Waals surface area contributed by atoms with E-state index in [0.29, 0.717) is 11.3 Å². The predicted octanol–water partition coefficient (Wildman–Crippen LogP) is 2.39. The molecule has 5 nitrogen and oxygen atoms in total. The Hall–Kier alpha value is -1.77. The highest BCUT2D eigenvalue weighted by atomic mass is 35.5. The number of benzene rings is 1. The molecule has 1 aromatic carbocycles. The molecular weight excluding hydrogens is 303 g/mol. The number of carbonyl (C=O) groups excluding carboxylic acids is 2. The van der Waals surface area contributed by atoms with Crippen molar-refractivity contribution in [1.82, 2.24) is 0 Å². The van der Waals surface area contributed by atoms with Crippen LogP contribution in [-0.4, -0.2) is 25.5 Å². The molecule has 1 unspecified atom stereocenters. The first kappa shape index (κ1) is 14.6. The topological polar surface area (TPSA) is 70.4 Å². The van der Waals surface area contributed by atoms with Gasteiger partial charge in [-0.25, -0.2) is 0 Å². The third-order valence-corrected chi connectivity index (χ3v) is 3.65. The SMILES string of the molecule is COC(=O)C1CC(=O)N(c2c(Cl)cc(C#N)cc2Cl)C1. The first-order valence-corrected chi connectivity index (χ1v) is 6.50. The first-order chi connectivity index (χ1) is 9.47. The Morgan fingerprint density at radius 1 is 1.45 bits per heavy atom. The van der Waals surface area contributed by atoms with E-state index in [1.54, 1.807) is 0 Å². The molecule has 0 N–H and O–H groups in total. The second-order valence-corrected chi connectivity index (χ2v) is 5.14. The molecular formula is C13H10Cl2N2O3. The van der Waals surface area contributed by atoms with E-state index < -0.39 is 11.9 Å². The zero-order valence-corrected chi connectivity index (χ0v) is 12.0. The van der Waals surface area contributed by atoms with Gasteiger partial charge in [0.05, 0.1) is 40.4 Å². The second kappa shape index (κ2) is 5.70. The minimum Gasteiger partial charge on any atom is -0.469 e. The van der Waals surface area contributed by atoms with Crippen molar-refractivity contribution < 1.29 is 14.3 Å². The average Bonchev–Trinajstić information content (AvgIpc) is 2.79. The van der Waals surface area contributed by atoms with Crippen molar-refractivity contribution in [2.45, 2.75) is 6.42 Å². The Morgan fingerprint density at radius 3 is 2.55 bits per heavy atom. The molecule has 20 heavy (non-hydrogen) atoms. The number of methoxy groups -OCH3 is 1. The third-order valence-electron chi connectivity index (χ3n) is 3.08. The summed E-state index contributed by atoms with van der Waals surface area (Å²) in [5.74, 6) is -1.23. The van der Waals surface area contributed by atoms with E-state index >= 15 is 0 Å². The van der Waals surface area contributed by atoms with Gasteiger partial charge in [0.1, 0.15) is 0 Å². The molecule has 1 aliphatic heterocycles. The lowest BCUT2D eigenvalue weighted by Gasteiger charge is -2.19. The molecule has 1 aromatic rings. The number of hydrogen-bond acceptors (Lipinski definition) is 4. The Morgan fingerprint density at radius 2 is 2.05 bits per heavy atom. The summed E-state index contributed by atoms with van der Waals surface area (Å²) in [5, 5.41) is 9.24. The van der Waals surface area contributed by atoms with Crippen molar-refractivity contribution in [1.29, 1.82) is 5.26 Å². The molecule has 1 saturated heterocycles. The van der Waals surface area contributed by atoms with Crippen LogP contribution in [0.25, 0.3) is 0 Å². The van der Waals surface area contributed by atoms with Crippen LogP contribution in [-0.2, 0) is 14.3 Å². The number of carbonyl (C=O) groups is 2. The van der Waals surface area contributed by atoms with Crippen LogP contribution in [0.5, 0.6) is 0 Å². The van der Waals surface area contributed by atoms with Gasteiger partial charge in [-0.2, -0.15) is 5.26 Å². The highest BCUT2D eigenvalue weighted by molar-refractivity contribution is 6.40. The van der Waals surface area contributed by atoms with E-state index in [1.807, 2.05) is 6.07 Å². The molecule has 0 saturated carbocycles. The fraction of sp³-hybridized carbons (Fsp3) is 0.308. The number of esters is 1. The Labute approximate surface area is 125 Å². The van der Waals surface area contributed by atoms with Crippen LogP contribution in [0.4, 0.5) is 5.69 Å². The summed E-state index contributed by atoms with van der Waals surface area (Å²) in [5.41, 5.74) is 0.628. The maximum absolute atomic E-state index is 12.0. The molecule has 1 fully saturated rings. The van der Waals surface area contributed by atoms with Gasteiger partial charge >= 0.3 is 5.97 Å². The molecule has 1 amide bonds. The van der Waals surface area contributed by atoms with Gasteiger partial charge in [-0.15, -0.1) is 0 Å². The van der Waals surface area contributed by atoms with Crippen LogP contribution in [0.3, 0.4) is 0 Å². The number of nitriles is 1. The summed E-state index contributed by atoms with van der Waals surface area (Å²) >= 11 is 12.1. The number of hydrogen-bond donors (Lipinski definition) is 0. The smallest absolute Gasteiger partial charge is 0.311 e. The minimum absolute atomic E-state index is 0.0549. The first-order valence-electron chi connectivity index (χ1n) is 5.75. The number of ether oxygens (including phenoxy) is 1. The quantitative estimate of drug-likeness (QED) is 0.786. The number of amides is 1. The van der Waals surface area contributed by atoms with E-state index in [2.05, 4.69) is 4.74 Å². The fourth-order valence-corrected chi connectivity index (χ4v) is 2.83. The van der Waals surface area contributed by atoms with E-state index in [9.17, 15) is 9.59 Å². The second-order valence-electron chi connectivity index (χ2n) is 4.33. The maximum Gasteiger partial charge on any atom is 0.311 e. The van der Waals surface area contributed by atoms with Gasteiger partial charge in [0.2, 0.25) is 5.91 Å². The predicted molar refractivity (Wildman–Crippen MR) is 73.7 cm³/mol. The lowest BCUT2D eigenvalue weighted by atomic mass is 10.1. The molecule has 104 valence electrons. The molecule has 0 radical (unpaired) electrons. The normalized spacial score (nSPS) is 18.0. The summed E-state index contributed by atoms with van der Waals surface area (Å²) in [4.78, 5) is 24.9. The Balaban J connectivity index is 2.36. The van der Waals surface area contributed by atoms with Crippen molar-refractivity contribution >= 4 is 40.8 Å².